The van der Waals surface area contributed by atoms with E-state index in [0.717, 1.165) is 4.88 Å². The fourth-order valence-corrected chi connectivity index (χ4v) is 4.38. The van der Waals surface area contributed by atoms with Gasteiger partial charge in [0.25, 0.3) is 0 Å². The molecule has 4 rings (SSSR count). The minimum absolute atomic E-state index is 0.0314. The van der Waals surface area contributed by atoms with Gasteiger partial charge in [0, 0.05) is 36.8 Å². The van der Waals surface area contributed by atoms with Crippen molar-refractivity contribution in [3.8, 4) is 16.4 Å². The summed E-state index contributed by atoms with van der Waals surface area (Å²) in [7, 11) is 0. The number of piperidine rings is 1. The largest absolute Gasteiger partial charge is 0.487 e. The lowest BCUT2D eigenvalue weighted by Crippen LogP contribution is -2.44. The van der Waals surface area contributed by atoms with Gasteiger partial charge in [-0.1, -0.05) is 22.8 Å². The molecule has 1 amide bonds. The van der Waals surface area contributed by atoms with Gasteiger partial charge in [-0.15, -0.1) is 11.3 Å². The summed E-state index contributed by atoms with van der Waals surface area (Å²) >= 11 is 7.38. The number of benzene rings is 1. The number of halogens is 1. The molecule has 0 unspecified atom stereocenters. The Balaban J connectivity index is 1.31. The third kappa shape index (κ3) is 5.36. The lowest BCUT2D eigenvalue weighted by atomic mass is 9.96. The van der Waals surface area contributed by atoms with Crippen LogP contribution in [0.3, 0.4) is 0 Å². The number of aromatic nitrogens is 1. The number of nitrogens with one attached hydrogen (secondary N) is 2. The summed E-state index contributed by atoms with van der Waals surface area (Å²) in [6, 6.07) is 12.8. The first kappa shape index (κ1) is 21.2. The van der Waals surface area contributed by atoms with Crippen molar-refractivity contribution in [1.29, 1.82) is 5.41 Å². The van der Waals surface area contributed by atoms with Gasteiger partial charge in [0.1, 0.15) is 18.1 Å². The lowest BCUT2D eigenvalue weighted by molar-refractivity contribution is -0.121. The van der Waals surface area contributed by atoms with Gasteiger partial charge in [0.15, 0.2) is 11.7 Å². The Hall–Kier alpha value is -3.04. The first-order valence-electron chi connectivity index (χ1n) is 9.82. The van der Waals surface area contributed by atoms with Crippen LogP contribution in [0.1, 0.15) is 18.5 Å². The summed E-state index contributed by atoms with van der Waals surface area (Å²) in [6.07, 6.45) is 1.34. The van der Waals surface area contributed by atoms with Gasteiger partial charge in [-0.2, -0.15) is 0 Å². The van der Waals surface area contributed by atoms with Crippen molar-refractivity contribution in [3.05, 3.63) is 52.5 Å². The van der Waals surface area contributed by atoms with E-state index in [1.54, 1.807) is 11.0 Å². The predicted molar refractivity (Wildman–Crippen MR) is 120 cm³/mol. The molecule has 31 heavy (non-hydrogen) atoms. The molecule has 1 aliphatic rings. The molecule has 1 fully saturated rings. The molecule has 1 aromatic carbocycles. The molecule has 1 saturated heterocycles. The molecule has 0 radical (unpaired) electrons. The number of ether oxygens (including phenoxy) is 1. The van der Waals surface area contributed by atoms with Crippen LogP contribution in [0.15, 0.2) is 47.0 Å². The van der Waals surface area contributed by atoms with Crippen LogP contribution < -0.4 is 15.8 Å². The molecule has 0 aliphatic carbocycles. The summed E-state index contributed by atoms with van der Waals surface area (Å²) in [5.41, 5.74) is 6.84. The maximum atomic E-state index is 12.6. The Morgan fingerprint density at radius 2 is 2.13 bits per heavy atom. The van der Waals surface area contributed by atoms with Gasteiger partial charge in [-0.25, -0.2) is 0 Å². The van der Waals surface area contributed by atoms with Crippen molar-refractivity contribution >= 4 is 40.5 Å². The fourth-order valence-electron chi connectivity index (χ4n) is 3.39. The molecule has 0 saturated carbocycles. The molecule has 3 aromatic rings. The Bertz CT molecular complexity index is 1070. The van der Waals surface area contributed by atoms with Gasteiger partial charge in [0.05, 0.1) is 9.21 Å². The van der Waals surface area contributed by atoms with Crippen LogP contribution in [0.25, 0.3) is 10.6 Å². The summed E-state index contributed by atoms with van der Waals surface area (Å²) in [5.74, 6) is 1.19. The summed E-state index contributed by atoms with van der Waals surface area (Å²) in [4.78, 5) is 15.3. The minimum atomic E-state index is -0.0977. The van der Waals surface area contributed by atoms with Crippen molar-refractivity contribution in [2.24, 2.45) is 11.7 Å². The lowest BCUT2D eigenvalue weighted by Gasteiger charge is -2.31. The Kier molecular flexibility index (Phi) is 6.43. The zero-order valence-corrected chi connectivity index (χ0v) is 18.2. The van der Waals surface area contributed by atoms with E-state index in [0.29, 0.717) is 53.2 Å². The molecular weight excluding hydrogens is 438 g/mol. The van der Waals surface area contributed by atoms with Gasteiger partial charge in [-0.05, 0) is 37.1 Å². The molecule has 4 N–H and O–H groups in total. The second-order valence-corrected chi connectivity index (χ2v) is 8.95. The van der Waals surface area contributed by atoms with Crippen molar-refractivity contribution in [3.63, 3.8) is 0 Å². The van der Waals surface area contributed by atoms with Crippen LogP contribution in [0, 0.1) is 11.3 Å². The van der Waals surface area contributed by atoms with Crippen LogP contribution in [-0.2, 0) is 11.4 Å². The fraction of sp³-hybridized carbons (Fsp3) is 0.286. The number of anilines is 1. The third-order valence-electron chi connectivity index (χ3n) is 5.07. The SMILES string of the molecule is N=C(N)N1CCC(C(=O)Nc2cccc(OCc3cc(-c4ccc(Cl)s4)on3)c2)CC1. The predicted octanol–water partition coefficient (Wildman–Crippen LogP) is 4.18. The Morgan fingerprint density at radius 1 is 1.32 bits per heavy atom. The second-order valence-electron chi connectivity index (χ2n) is 7.24. The number of thiophene rings is 1. The van der Waals surface area contributed by atoms with Gasteiger partial charge in [0.2, 0.25) is 5.91 Å². The van der Waals surface area contributed by atoms with Crippen molar-refractivity contribution in [2.45, 2.75) is 19.4 Å². The monoisotopic (exact) mass is 459 g/mol. The number of likely N-dealkylation sites (tertiary alicyclic amines) is 1. The highest BCUT2D eigenvalue weighted by molar-refractivity contribution is 7.19. The number of guanidine groups is 1. The van der Waals surface area contributed by atoms with Crippen LogP contribution >= 0.6 is 22.9 Å². The van der Waals surface area contributed by atoms with Crippen molar-refractivity contribution < 1.29 is 14.1 Å². The highest BCUT2D eigenvalue weighted by Gasteiger charge is 2.25. The molecule has 8 nitrogen and oxygen atoms in total. The van der Waals surface area contributed by atoms with E-state index in [2.05, 4.69) is 10.5 Å². The second kappa shape index (κ2) is 9.40. The molecule has 0 bridgehead atoms. The van der Waals surface area contributed by atoms with E-state index in [1.807, 2.05) is 36.4 Å². The number of nitrogens with two attached hydrogens (primary N) is 1. The third-order valence-corrected chi connectivity index (χ3v) is 6.32. The first-order chi connectivity index (χ1) is 15.0. The average molecular weight is 460 g/mol. The normalized spacial score (nSPS) is 14.4. The highest BCUT2D eigenvalue weighted by Crippen LogP contribution is 2.31. The van der Waals surface area contributed by atoms with E-state index in [9.17, 15) is 4.79 Å². The van der Waals surface area contributed by atoms with E-state index >= 15 is 0 Å². The van der Waals surface area contributed by atoms with Gasteiger partial charge < -0.3 is 25.2 Å². The maximum Gasteiger partial charge on any atom is 0.227 e. The van der Waals surface area contributed by atoms with Crippen molar-refractivity contribution in [2.75, 3.05) is 18.4 Å². The Morgan fingerprint density at radius 3 is 2.84 bits per heavy atom. The zero-order chi connectivity index (χ0) is 21.8. The van der Waals surface area contributed by atoms with Gasteiger partial charge >= 0.3 is 0 Å². The smallest absolute Gasteiger partial charge is 0.227 e. The summed E-state index contributed by atoms with van der Waals surface area (Å²) < 4.78 is 11.9. The number of hydrogen-bond donors (Lipinski definition) is 3. The molecule has 0 spiro atoms. The Labute approximate surface area is 188 Å². The number of carbonyl (C=O) groups excluding carboxylic acids is 1. The van der Waals surface area contributed by atoms with Gasteiger partial charge in [-0.3, -0.25) is 10.2 Å². The van der Waals surface area contributed by atoms with E-state index in [-0.39, 0.29) is 24.4 Å². The van der Waals surface area contributed by atoms with E-state index in [4.69, 9.17) is 32.0 Å². The van der Waals surface area contributed by atoms with Crippen LogP contribution in [0.2, 0.25) is 4.34 Å². The topological polar surface area (TPSA) is 117 Å². The van der Waals surface area contributed by atoms with E-state index < -0.39 is 0 Å². The van der Waals surface area contributed by atoms with Crippen LogP contribution in [-0.4, -0.2) is 35.0 Å². The number of hydrogen-bond acceptors (Lipinski definition) is 6. The summed E-state index contributed by atoms with van der Waals surface area (Å²) in [6.45, 7) is 1.48. The molecule has 162 valence electrons. The zero-order valence-electron chi connectivity index (χ0n) is 16.6. The standard InChI is InChI=1S/C21H22ClN5O3S/c22-19-5-4-18(31-19)17-11-15(26-30-17)12-29-16-3-1-2-14(10-16)25-20(28)13-6-8-27(9-7-13)21(23)24/h1-5,10-11,13H,6-9,12H2,(H3,23,24)(H,25,28). The van der Waals surface area contributed by atoms with Crippen LogP contribution in [0.5, 0.6) is 5.75 Å². The maximum absolute atomic E-state index is 12.6. The number of nitrogens with zero attached hydrogens (tertiary/aromatic N) is 2. The number of rotatable bonds is 6. The summed E-state index contributed by atoms with van der Waals surface area (Å²) in [5, 5.41) is 14.5. The molecule has 10 heteroatoms. The highest BCUT2D eigenvalue weighted by atomic mass is 35.5. The van der Waals surface area contributed by atoms with Crippen LogP contribution in [0.4, 0.5) is 5.69 Å². The molecule has 3 heterocycles. The number of amides is 1. The first-order valence-corrected chi connectivity index (χ1v) is 11.0. The molecule has 1 aliphatic heterocycles. The molecule has 0 atom stereocenters. The molecule has 2 aromatic heterocycles. The average Bonchev–Trinajstić information content (AvgIpc) is 3.41. The van der Waals surface area contributed by atoms with E-state index in [1.165, 1.54) is 11.3 Å². The molecular formula is C21H22ClN5O3S. The van der Waals surface area contributed by atoms with Crippen molar-refractivity contribution in [1.82, 2.24) is 10.1 Å². The quantitative estimate of drug-likeness (QED) is 0.376. The minimum Gasteiger partial charge on any atom is -0.487 e. The number of carbonyl (C=O) groups is 1.